The molecule has 4 aromatic heterocycles. The van der Waals surface area contributed by atoms with Crippen molar-refractivity contribution >= 4 is 87.5 Å². The van der Waals surface area contributed by atoms with Crippen LogP contribution in [-0.2, 0) is 0 Å². The van der Waals surface area contributed by atoms with Crippen molar-refractivity contribution in [3.8, 4) is 55.8 Å². The molecule has 0 amide bonds. The summed E-state index contributed by atoms with van der Waals surface area (Å²) in [5.41, 5.74) is 16.6. The lowest BCUT2D eigenvalue weighted by molar-refractivity contribution is 0.669. The van der Waals surface area contributed by atoms with Crippen LogP contribution in [0.1, 0.15) is 0 Å². The Morgan fingerprint density at radius 3 is 1.45 bits per heavy atom. The predicted octanol–water partition coefficient (Wildman–Crippen LogP) is 17.4. The zero-order chi connectivity index (χ0) is 42.6. The first-order chi connectivity index (χ1) is 32.2. The third-order valence-corrected chi connectivity index (χ3v) is 13.2. The van der Waals surface area contributed by atoms with Crippen molar-refractivity contribution in [2.45, 2.75) is 0 Å². The normalized spacial score (nSPS) is 12.0. The molecule has 4 nitrogen and oxygen atoms in total. The number of nitrogens with zero attached hydrogens (tertiary/aromatic N) is 1. The first-order valence-electron chi connectivity index (χ1n) is 22.0. The fraction of sp³-hybridized carbons (Fsp3) is 0. The molecule has 0 fully saturated rings. The number of hydrogen-bond donors (Lipinski definition) is 0. The number of hydrogen-bond acceptors (Lipinski definition) is 4. The largest absolute Gasteiger partial charge is 0.456 e. The Hall–Kier alpha value is -8.73. The van der Waals surface area contributed by atoms with E-state index in [1.54, 1.807) is 0 Å². The summed E-state index contributed by atoms with van der Waals surface area (Å²) in [6.45, 7) is 0. The van der Waals surface area contributed by atoms with Gasteiger partial charge in [-0.2, -0.15) is 0 Å². The van der Waals surface area contributed by atoms with Crippen molar-refractivity contribution in [3.63, 3.8) is 0 Å². The van der Waals surface area contributed by atoms with Crippen molar-refractivity contribution in [1.82, 2.24) is 4.98 Å². The summed E-state index contributed by atoms with van der Waals surface area (Å²) in [7, 11) is 0. The van der Waals surface area contributed by atoms with Gasteiger partial charge in [0.05, 0.1) is 11.2 Å². The average Bonchev–Trinajstić information content (AvgIpc) is 4.07. The van der Waals surface area contributed by atoms with Crippen molar-refractivity contribution in [3.05, 3.63) is 212 Å². The number of benzene rings is 10. The maximum Gasteiger partial charge on any atom is 0.143 e. The van der Waals surface area contributed by atoms with Crippen LogP contribution in [0.4, 0.5) is 0 Å². The maximum atomic E-state index is 6.74. The van der Waals surface area contributed by atoms with Gasteiger partial charge >= 0.3 is 0 Å². The second-order valence-corrected chi connectivity index (χ2v) is 16.9. The highest BCUT2D eigenvalue weighted by Gasteiger charge is 2.23. The van der Waals surface area contributed by atoms with Gasteiger partial charge in [-0.1, -0.05) is 158 Å². The molecular weight excluding hydrogens is 795 g/mol. The number of para-hydroxylation sites is 6. The molecule has 0 aliphatic carbocycles. The number of pyridine rings is 1. The summed E-state index contributed by atoms with van der Waals surface area (Å²) in [6, 6.07) is 75.0. The van der Waals surface area contributed by atoms with E-state index < -0.39 is 0 Å². The average molecular weight is 830 g/mol. The maximum absolute atomic E-state index is 6.74. The smallest absolute Gasteiger partial charge is 0.143 e. The lowest BCUT2D eigenvalue weighted by Gasteiger charge is -2.17. The SMILES string of the molecule is c1ccc(-c2nc3ccccc3c3c(-c4cccc(-c5cc(-c6cccc7c6oc6ccccc67)cc(-c6cccc7c6oc6ccccc67)c5)c4)c4c(cc23)oc2ccccc24)cc1. The van der Waals surface area contributed by atoms with Crippen molar-refractivity contribution in [2.24, 2.45) is 0 Å². The van der Waals surface area contributed by atoms with Crippen molar-refractivity contribution < 1.29 is 13.3 Å². The van der Waals surface area contributed by atoms with E-state index in [2.05, 4.69) is 182 Å². The van der Waals surface area contributed by atoms with Crippen molar-refractivity contribution in [1.29, 1.82) is 0 Å². The third-order valence-electron chi connectivity index (χ3n) is 13.2. The standard InChI is InChI=1S/C61H35NO3/c1-2-15-36(16-3-1)59-50-35-55-58(49-22-7-11-30-54(49)63-55)56(57(50)48-21-4-8-27-51(48)62-59)38-18-12-17-37(31-38)39-32-40(42-23-13-25-46-44-19-5-9-28-52(44)64-60(42)46)34-41(33-39)43-24-14-26-47-45-20-6-10-29-53(45)65-61(43)47/h1-35H. The Morgan fingerprint density at radius 2 is 0.769 bits per heavy atom. The monoisotopic (exact) mass is 829 g/mol. The molecule has 10 aromatic carbocycles. The van der Waals surface area contributed by atoms with Crippen LogP contribution in [0, 0.1) is 0 Å². The molecule has 0 aliphatic heterocycles. The molecule has 0 bridgehead atoms. The Morgan fingerprint density at radius 1 is 0.277 bits per heavy atom. The fourth-order valence-electron chi connectivity index (χ4n) is 10.3. The number of aromatic nitrogens is 1. The van der Waals surface area contributed by atoms with Gasteiger partial charge in [-0.25, -0.2) is 4.98 Å². The molecule has 0 N–H and O–H groups in total. The van der Waals surface area contributed by atoms with E-state index in [1.807, 2.05) is 30.3 Å². The molecule has 0 atom stereocenters. The Kier molecular flexibility index (Phi) is 7.65. The number of rotatable bonds is 5. The minimum atomic E-state index is 0.829. The van der Waals surface area contributed by atoms with Gasteiger partial charge in [-0.05, 0) is 82.4 Å². The quantitative estimate of drug-likeness (QED) is 0.162. The van der Waals surface area contributed by atoms with Gasteiger partial charge in [0, 0.05) is 70.7 Å². The predicted molar refractivity (Wildman–Crippen MR) is 268 cm³/mol. The second kappa shape index (κ2) is 13.9. The molecule has 0 unspecified atom stereocenters. The highest BCUT2D eigenvalue weighted by molar-refractivity contribution is 6.28. The van der Waals surface area contributed by atoms with Gasteiger partial charge in [0.15, 0.2) is 0 Å². The number of furan rings is 3. The molecule has 0 aliphatic rings. The molecule has 0 radical (unpaired) electrons. The molecule has 0 saturated heterocycles. The molecule has 302 valence electrons. The van der Waals surface area contributed by atoms with Crippen LogP contribution in [0.5, 0.6) is 0 Å². The van der Waals surface area contributed by atoms with Gasteiger partial charge in [0.1, 0.15) is 33.5 Å². The Balaban J connectivity index is 1.06. The summed E-state index contributed by atoms with van der Waals surface area (Å²) in [6.07, 6.45) is 0. The molecule has 4 heterocycles. The summed E-state index contributed by atoms with van der Waals surface area (Å²) in [5.74, 6) is 0. The van der Waals surface area contributed by atoms with Gasteiger partial charge in [-0.3, -0.25) is 0 Å². The summed E-state index contributed by atoms with van der Waals surface area (Å²) in [5, 5.41) is 9.84. The minimum Gasteiger partial charge on any atom is -0.456 e. The highest BCUT2D eigenvalue weighted by atomic mass is 16.3. The Bertz CT molecular complexity index is 4110. The zero-order valence-electron chi connectivity index (χ0n) is 34.9. The van der Waals surface area contributed by atoms with Crippen LogP contribution >= 0.6 is 0 Å². The molecule has 0 saturated carbocycles. The first-order valence-corrected chi connectivity index (χ1v) is 22.0. The van der Waals surface area contributed by atoms with E-state index >= 15 is 0 Å². The molecule has 14 aromatic rings. The summed E-state index contributed by atoms with van der Waals surface area (Å²) in [4.78, 5) is 5.33. The number of fused-ring (bicyclic) bond motifs is 12. The van der Waals surface area contributed by atoms with Crippen LogP contribution in [-0.4, -0.2) is 4.98 Å². The third kappa shape index (κ3) is 5.47. The summed E-state index contributed by atoms with van der Waals surface area (Å²) < 4.78 is 20.1. The van der Waals surface area contributed by atoms with E-state index in [4.69, 9.17) is 18.2 Å². The van der Waals surface area contributed by atoms with E-state index in [-0.39, 0.29) is 0 Å². The lowest BCUT2D eigenvalue weighted by atomic mass is 9.87. The molecule has 65 heavy (non-hydrogen) atoms. The van der Waals surface area contributed by atoms with E-state index in [0.717, 1.165) is 143 Å². The van der Waals surface area contributed by atoms with Gasteiger partial charge in [0.25, 0.3) is 0 Å². The molecule has 4 heteroatoms. The lowest BCUT2D eigenvalue weighted by Crippen LogP contribution is -1.93. The zero-order valence-corrected chi connectivity index (χ0v) is 34.9. The van der Waals surface area contributed by atoms with Crippen molar-refractivity contribution in [2.75, 3.05) is 0 Å². The highest BCUT2D eigenvalue weighted by Crippen LogP contribution is 2.48. The summed E-state index contributed by atoms with van der Waals surface area (Å²) >= 11 is 0. The van der Waals surface area contributed by atoms with E-state index in [9.17, 15) is 0 Å². The van der Waals surface area contributed by atoms with Crippen LogP contribution in [0.3, 0.4) is 0 Å². The molecule has 14 rings (SSSR count). The van der Waals surface area contributed by atoms with Crippen LogP contribution in [0.15, 0.2) is 226 Å². The van der Waals surface area contributed by atoms with Crippen LogP contribution in [0.2, 0.25) is 0 Å². The van der Waals surface area contributed by atoms with E-state index in [1.165, 1.54) is 0 Å². The second-order valence-electron chi connectivity index (χ2n) is 16.9. The first kappa shape index (κ1) is 35.8. The minimum absolute atomic E-state index is 0.829. The molecular formula is C61H35NO3. The van der Waals surface area contributed by atoms with Gasteiger partial charge in [0.2, 0.25) is 0 Å². The van der Waals surface area contributed by atoms with Crippen LogP contribution in [0.25, 0.3) is 143 Å². The molecule has 0 spiro atoms. The van der Waals surface area contributed by atoms with Gasteiger partial charge in [-0.15, -0.1) is 0 Å². The van der Waals surface area contributed by atoms with E-state index in [0.29, 0.717) is 0 Å². The fourth-order valence-corrected chi connectivity index (χ4v) is 10.3. The van der Waals surface area contributed by atoms with Gasteiger partial charge < -0.3 is 13.3 Å². The topological polar surface area (TPSA) is 52.3 Å². The van der Waals surface area contributed by atoms with Crippen LogP contribution < -0.4 is 0 Å². The Labute approximate surface area is 372 Å².